The third-order valence-corrected chi connectivity index (χ3v) is 7.00. The molecule has 2 N–H and O–H groups in total. The van der Waals surface area contributed by atoms with E-state index in [0.717, 1.165) is 39.5 Å². The number of ketones is 1. The van der Waals surface area contributed by atoms with Crippen LogP contribution in [0.4, 0.5) is 11.4 Å². The fraction of sp³-hybridized carbons (Fsp3) is 0.300. The zero-order chi connectivity index (χ0) is 25.9. The third kappa shape index (κ3) is 4.57. The molecule has 192 valence electrons. The number of hydrogen-bond donors (Lipinski definition) is 2. The van der Waals surface area contributed by atoms with E-state index < -0.39 is 0 Å². The first-order valence-corrected chi connectivity index (χ1v) is 12.5. The highest BCUT2D eigenvalue weighted by Gasteiger charge is 2.37. The van der Waals surface area contributed by atoms with Crippen molar-refractivity contribution in [1.29, 1.82) is 0 Å². The van der Waals surface area contributed by atoms with Gasteiger partial charge in [-0.3, -0.25) is 4.79 Å². The Morgan fingerprint density at radius 1 is 0.838 bits per heavy atom. The molecule has 1 heterocycles. The van der Waals surface area contributed by atoms with Crippen LogP contribution in [0.25, 0.3) is 0 Å². The number of benzene rings is 3. The third-order valence-electron chi connectivity index (χ3n) is 7.00. The molecule has 0 saturated heterocycles. The molecule has 0 fully saturated rings. The van der Waals surface area contributed by atoms with Gasteiger partial charge in [0.2, 0.25) is 5.75 Å². The first kappa shape index (κ1) is 24.6. The first-order chi connectivity index (χ1) is 18.1. The normalized spacial score (nSPS) is 18.5. The molecule has 0 saturated carbocycles. The van der Waals surface area contributed by atoms with E-state index >= 15 is 0 Å². The Labute approximate surface area is 217 Å². The standard InChI is InChI=1S/C30H32N2O5/c1-5-37-25-13-9-6-10-20(25)29-28-23(31-21-11-7-8-12-22(21)32-29)14-18(15-24(28)33)19-16-26(34-2)30(36-4)27(17-19)35-3/h6-13,16-18,29,31-32H,5,14-15H2,1-4H3. The number of nitrogens with one attached hydrogen (secondary N) is 2. The van der Waals surface area contributed by atoms with Crippen LogP contribution in [-0.2, 0) is 4.79 Å². The lowest BCUT2D eigenvalue weighted by Gasteiger charge is -2.31. The second-order valence-electron chi connectivity index (χ2n) is 9.10. The number of methoxy groups -OCH3 is 3. The van der Waals surface area contributed by atoms with Crippen molar-refractivity contribution in [3.63, 3.8) is 0 Å². The summed E-state index contributed by atoms with van der Waals surface area (Å²) in [5.41, 5.74) is 5.42. The van der Waals surface area contributed by atoms with Gasteiger partial charge in [-0.1, -0.05) is 30.3 Å². The molecule has 3 aromatic rings. The van der Waals surface area contributed by atoms with Crippen molar-refractivity contribution in [3.8, 4) is 23.0 Å². The summed E-state index contributed by atoms with van der Waals surface area (Å²) in [4.78, 5) is 13.9. The zero-order valence-corrected chi connectivity index (χ0v) is 21.6. The Morgan fingerprint density at radius 2 is 1.51 bits per heavy atom. The van der Waals surface area contributed by atoms with Gasteiger partial charge in [0.15, 0.2) is 17.3 Å². The Bertz CT molecular complexity index is 1320. The number of anilines is 2. The van der Waals surface area contributed by atoms with Crippen LogP contribution in [0, 0.1) is 0 Å². The van der Waals surface area contributed by atoms with Crippen molar-refractivity contribution in [2.24, 2.45) is 0 Å². The maximum absolute atomic E-state index is 13.9. The molecule has 7 heteroatoms. The highest BCUT2D eigenvalue weighted by molar-refractivity contribution is 6.01. The number of para-hydroxylation sites is 3. The molecule has 37 heavy (non-hydrogen) atoms. The van der Waals surface area contributed by atoms with Crippen LogP contribution in [0.5, 0.6) is 23.0 Å². The van der Waals surface area contributed by atoms with Crippen LogP contribution >= 0.6 is 0 Å². The van der Waals surface area contributed by atoms with Crippen molar-refractivity contribution >= 4 is 17.2 Å². The summed E-state index contributed by atoms with van der Waals surface area (Å²) in [6, 6.07) is 19.5. The fourth-order valence-electron chi connectivity index (χ4n) is 5.30. The molecule has 0 amide bonds. The maximum Gasteiger partial charge on any atom is 0.203 e. The van der Waals surface area contributed by atoms with Gasteiger partial charge in [0.25, 0.3) is 0 Å². The Kier molecular flexibility index (Phi) is 6.95. The number of ether oxygens (including phenoxy) is 4. The van der Waals surface area contributed by atoms with Crippen LogP contribution < -0.4 is 29.6 Å². The lowest BCUT2D eigenvalue weighted by molar-refractivity contribution is -0.116. The molecule has 1 aliphatic heterocycles. The Morgan fingerprint density at radius 3 is 2.19 bits per heavy atom. The molecular formula is C30H32N2O5. The summed E-state index contributed by atoms with van der Waals surface area (Å²) < 4.78 is 22.6. The van der Waals surface area contributed by atoms with Crippen molar-refractivity contribution in [2.45, 2.75) is 31.7 Å². The van der Waals surface area contributed by atoms with Gasteiger partial charge in [-0.15, -0.1) is 0 Å². The van der Waals surface area contributed by atoms with Crippen molar-refractivity contribution in [1.82, 2.24) is 0 Å². The predicted molar refractivity (Wildman–Crippen MR) is 144 cm³/mol. The van der Waals surface area contributed by atoms with Gasteiger partial charge in [0.1, 0.15) is 5.75 Å². The van der Waals surface area contributed by atoms with Crippen LogP contribution in [0.2, 0.25) is 0 Å². The molecule has 5 rings (SSSR count). The lowest BCUT2D eigenvalue weighted by Crippen LogP contribution is -2.27. The second-order valence-corrected chi connectivity index (χ2v) is 9.10. The molecule has 0 bridgehead atoms. The second kappa shape index (κ2) is 10.5. The summed E-state index contributed by atoms with van der Waals surface area (Å²) in [6.07, 6.45) is 1.02. The SMILES string of the molecule is CCOc1ccccc1C1Nc2ccccc2NC2=C1C(=O)CC(c1cc(OC)c(OC)c(OC)c1)C2. The molecular weight excluding hydrogens is 468 g/mol. The van der Waals surface area contributed by atoms with E-state index in [9.17, 15) is 4.79 Å². The van der Waals surface area contributed by atoms with Gasteiger partial charge in [-0.05, 0) is 55.2 Å². The zero-order valence-electron chi connectivity index (χ0n) is 21.6. The number of rotatable bonds is 7. The number of carbonyl (C=O) groups excluding carboxylic acids is 1. The average molecular weight is 501 g/mol. The van der Waals surface area contributed by atoms with Gasteiger partial charge >= 0.3 is 0 Å². The van der Waals surface area contributed by atoms with Gasteiger partial charge in [0, 0.05) is 23.3 Å². The Hall–Kier alpha value is -4.13. The molecule has 0 radical (unpaired) electrons. The first-order valence-electron chi connectivity index (χ1n) is 12.5. The van der Waals surface area contributed by atoms with Gasteiger partial charge < -0.3 is 29.6 Å². The molecule has 1 aliphatic carbocycles. The smallest absolute Gasteiger partial charge is 0.203 e. The molecule has 2 unspecified atom stereocenters. The molecule has 0 aromatic heterocycles. The number of carbonyl (C=O) groups is 1. The maximum atomic E-state index is 13.9. The molecule has 0 spiro atoms. The minimum absolute atomic E-state index is 0.0551. The topological polar surface area (TPSA) is 78.1 Å². The Balaban J connectivity index is 1.61. The predicted octanol–water partition coefficient (Wildman–Crippen LogP) is 6.09. The van der Waals surface area contributed by atoms with Crippen molar-refractivity contribution in [3.05, 3.63) is 83.1 Å². The molecule has 3 aromatic carbocycles. The van der Waals surface area contributed by atoms with Crippen LogP contribution in [-0.4, -0.2) is 33.7 Å². The van der Waals surface area contributed by atoms with E-state index in [-0.39, 0.29) is 17.7 Å². The summed E-state index contributed by atoms with van der Waals surface area (Å²) in [7, 11) is 4.79. The largest absolute Gasteiger partial charge is 0.494 e. The summed E-state index contributed by atoms with van der Waals surface area (Å²) in [5.74, 6) is 2.49. The van der Waals surface area contributed by atoms with E-state index in [1.165, 1.54) is 0 Å². The quantitative estimate of drug-likeness (QED) is 0.406. The van der Waals surface area contributed by atoms with Gasteiger partial charge in [0.05, 0.1) is 45.4 Å². The summed E-state index contributed by atoms with van der Waals surface area (Å²) >= 11 is 0. The summed E-state index contributed by atoms with van der Waals surface area (Å²) in [6.45, 7) is 2.51. The van der Waals surface area contributed by atoms with Crippen LogP contribution in [0.3, 0.4) is 0 Å². The van der Waals surface area contributed by atoms with Crippen molar-refractivity contribution in [2.75, 3.05) is 38.6 Å². The van der Waals surface area contributed by atoms with Crippen LogP contribution in [0.1, 0.15) is 42.9 Å². The van der Waals surface area contributed by atoms with E-state index in [4.69, 9.17) is 18.9 Å². The minimum atomic E-state index is -0.345. The molecule has 2 atom stereocenters. The highest BCUT2D eigenvalue weighted by atomic mass is 16.5. The van der Waals surface area contributed by atoms with Crippen LogP contribution in [0.15, 0.2) is 71.9 Å². The number of Topliss-reactive ketones (excluding diaryl/α,β-unsaturated/α-hetero) is 1. The number of hydrogen-bond acceptors (Lipinski definition) is 7. The van der Waals surface area contributed by atoms with Gasteiger partial charge in [-0.25, -0.2) is 0 Å². The molecule has 2 aliphatic rings. The van der Waals surface area contributed by atoms with E-state index in [1.807, 2.05) is 67.6 Å². The van der Waals surface area contributed by atoms with Gasteiger partial charge in [-0.2, -0.15) is 0 Å². The van der Waals surface area contributed by atoms with E-state index in [0.29, 0.717) is 36.7 Å². The lowest BCUT2D eigenvalue weighted by atomic mass is 9.78. The molecule has 7 nitrogen and oxygen atoms in total. The number of allylic oxidation sites excluding steroid dienone is 1. The highest BCUT2D eigenvalue weighted by Crippen LogP contribution is 2.48. The van der Waals surface area contributed by atoms with Crippen molar-refractivity contribution < 1.29 is 23.7 Å². The summed E-state index contributed by atoms with van der Waals surface area (Å²) in [5, 5.41) is 7.22. The minimum Gasteiger partial charge on any atom is -0.494 e. The van der Waals surface area contributed by atoms with E-state index in [1.54, 1.807) is 21.3 Å². The fourth-order valence-corrected chi connectivity index (χ4v) is 5.30. The number of fused-ring (bicyclic) bond motifs is 1. The monoisotopic (exact) mass is 500 g/mol. The average Bonchev–Trinajstić information content (AvgIpc) is 3.09. The van der Waals surface area contributed by atoms with E-state index in [2.05, 4.69) is 10.6 Å².